The lowest BCUT2D eigenvalue weighted by Crippen LogP contribution is -2.49. The van der Waals surface area contributed by atoms with Gasteiger partial charge in [-0.05, 0) is 50.8 Å². The molecule has 1 aliphatic carbocycles. The molecule has 0 bridgehead atoms. The summed E-state index contributed by atoms with van der Waals surface area (Å²) in [5.74, 6) is 0.510. The number of nitrogens with one attached hydrogen (secondary N) is 1. The van der Waals surface area contributed by atoms with Gasteiger partial charge < -0.3 is 19.9 Å². The summed E-state index contributed by atoms with van der Waals surface area (Å²) in [6.45, 7) is 4.62. The molecule has 1 spiro atoms. The lowest BCUT2D eigenvalue weighted by Gasteiger charge is -2.24. The smallest absolute Gasteiger partial charge is 0.407 e. The number of amides is 2. The molecular weight excluding hydrogens is 342 g/mol. The van der Waals surface area contributed by atoms with Crippen molar-refractivity contribution in [2.45, 2.75) is 32.2 Å². The van der Waals surface area contributed by atoms with Crippen LogP contribution in [0.2, 0.25) is 0 Å². The van der Waals surface area contributed by atoms with Crippen LogP contribution < -0.4 is 5.32 Å². The Morgan fingerprint density at radius 1 is 1.30 bits per heavy atom. The highest BCUT2D eigenvalue weighted by molar-refractivity contribution is 5.86. The largest absolute Gasteiger partial charge is 0.450 e. The number of carbonyl (C=O) groups excluding carboxylic acids is 2. The van der Waals surface area contributed by atoms with Crippen molar-refractivity contribution in [3.63, 3.8) is 0 Å². The van der Waals surface area contributed by atoms with Gasteiger partial charge in [0.25, 0.3) is 0 Å². The third kappa shape index (κ3) is 4.80. The third-order valence-electron chi connectivity index (χ3n) is 5.75. The number of rotatable bonds is 7. The quantitative estimate of drug-likeness (QED) is 0.796. The van der Waals surface area contributed by atoms with Crippen molar-refractivity contribution in [3.8, 4) is 0 Å². The molecule has 1 saturated heterocycles. The van der Waals surface area contributed by atoms with E-state index in [-0.39, 0.29) is 12.5 Å². The third-order valence-corrected chi connectivity index (χ3v) is 5.75. The van der Waals surface area contributed by atoms with Crippen LogP contribution in [0.4, 0.5) is 4.79 Å². The van der Waals surface area contributed by atoms with Crippen molar-refractivity contribution in [2.75, 3.05) is 40.3 Å². The average Bonchev–Trinajstić information content (AvgIpc) is 3.32. The minimum absolute atomic E-state index is 0.000521. The van der Waals surface area contributed by atoms with Gasteiger partial charge in [-0.15, -0.1) is 0 Å². The van der Waals surface area contributed by atoms with Crippen LogP contribution in [0.5, 0.6) is 0 Å². The van der Waals surface area contributed by atoms with E-state index in [0.717, 1.165) is 25.2 Å². The predicted molar refractivity (Wildman–Crippen MR) is 104 cm³/mol. The molecule has 1 aliphatic heterocycles. The second-order valence-electron chi connectivity index (χ2n) is 8.15. The number of carbonyl (C=O) groups is 2. The van der Waals surface area contributed by atoms with E-state index in [1.165, 1.54) is 12.8 Å². The highest BCUT2D eigenvalue weighted by Crippen LogP contribution is 2.56. The first-order chi connectivity index (χ1) is 12.9. The molecular formula is C21H31N3O3. The summed E-state index contributed by atoms with van der Waals surface area (Å²) in [5, 5.41) is 2.78. The van der Waals surface area contributed by atoms with Gasteiger partial charge in [-0.25, -0.2) is 4.79 Å². The second-order valence-corrected chi connectivity index (χ2v) is 8.15. The summed E-state index contributed by atoms with van der Waals surface area (Å²) in [6.07, 6.45) is 2.34. The Hall–Kier alpha value is -2.08. The van der Waals surface area contributed by atoms with Gasteiger partial charge in [0.15, 0.2) is 0 Å². The van der Waals surface area contributed by atoms with E-state index in [1.807, 2.05) is 35.2 Å². The Morgan fingerprint density at radius 3 is 2.59 bits per heavy atom. The molecule has 6 nitrogen and oxygen atoms in total. The summed E-state index contributed by atoms with van der Waals surface area (Å²) in [5.41, 5.74) is 1.32. The number of nitrogens with zero attached hydrogens (tertiary/aromatic N) is 2. The normalized spacial score (nSPS) is 21.3. The lowest BCUT2D eigenvalue weighted by atomic mass is 9.93. The number of alkyl carbamates (subject to hydrolysis) is 1. The van der Waals surface area contributed by atoms with Crippen molar-refractivity contribution in [2.24, 2.45) is 11.3 Å². The van der Waals surface area contributed by atoms with E-state index in [9.17, 15) is 9.59 Å². The van der Waals surface area contributed by atoms with Gasteiger partial charge in [0.05, 0.1) is 6.61 Å². The molecule has 2 amide bonds. The van der Waals surface area contributed by atoms with E-state index >= 15 is 0 Å². The van der Waals surface area contributed by atoms with E-state index < -0.39 is 12.1 Å². The molecule has 2 atom stereocenters. The van der Waals surface area contributed by atoms with Crippen LogP contribution in [0, 0.1) is 11.3 Å². The number of benzene rings is 1. The molecule has 2 aliphatic rings. The summed E-state index contributed by atoms with van der Waals surface area (Å²) < 4.78 is 5.02. The molecule has 1 unspecified atom stereocenters. The number of ether oxygens (including phenoxy) is 1. The maximum absolute atomic E-state index is 13.3. The minimum Gasteiger partial charge on any atom is -0.450 e. The van der Waals surface area contributed by atoms with Crippen molar-refractivity contribution < 1.29 is 14.3 Å². The molecule has 1 heterocycles. The van der Waals surface area contributed by atoms with Gasteiger partial charge in [-0.2, -0.15) is 0 Å². The Labute approximate surface area is 161 Å². The molecule has 1 saturated carbocycles. The van der Waals surface area contributed by atoms with E-state index in [2.05, 4.69) is 24.3 Å². The SMILES string of the molecule is CCOC(=O)N[C@H](Cc1ccccc1)C(=O)N1CC(CN(C)C)C2(CC2)C1. The molecule has 6 heteroatoms. The Morgan fingerprint density at radius 2 is 2.00 bits per heavy atom. The zero-order chi connectivity index (χ0) is 19.4. The van der Waals surface area contributed by atoms with Crippen molar-refractivity contribution >= 4 is 12.0 Å². The first-order valence-corrected chi connectivity index (χ1v) is 9.84. The topological polar surface area (TPSA) is 61.9 Å². The molecule has 0 radical (unpaired) electrons. The van der Waals surface area contributed by atoms with Crippen LogP contribution in [-0.2, 0) is 16.0 Å². The molecule has 3 rings (SSSR count). The van der Waals surface area contributed by atoms with Crippen LogP contribution in [0.25, 0.3) is 0 Å². The highest BCUT2D eigenvalue weighted by atomic mass is 16.5. The summed E-state index contributed by atoms with van der Waals surface area (Å²) in [7, 11) is 4.17. The molecule has 1 N–H and O–H groups in total. The average molecular weight is 373 g/mol. The summed E-state index contributed by atoms with van der Waals surface area (Å²) in [4.78, 5) is 29.4. The molecule has 0 aromatic heterocycles. The van der Waals surface area contributed by atoms with Crippen LogP contribution in [0.3, 0.4) is 0 Å². The molecule has 148 valence electrons. The van der Waals surface area contributed by atoms with Gasteiger partial charge in [0, 0.05) is 26.1 Å². The highest BCUT2D eigenvalue weighted by Gasteiger charge is 2.56. The Balaban J connectivity index is 1.71. The molecule has 1 aromatic rings. The second kappa shape index (κ2) is 8.30. The molecule has 27 heavy (non-hydrogen) atoms. The molecule has 1 aromatic carbocycles. The minimum atomic E-state index is -0.597. The van der Waals surface area contributed by atoms with E-state index in [0.29, 0.717) is 17.8 Å². The van der Waals surface area contributed by atoms with Crippen LogP contribution in [-0.4, -0.2) is 68.2 Å². The van der Waals surface area contributed by atoms with Crippen molar-refractivity contribution in [1.82, 2.24) is 15.1 Å². The number of hydrogen-bond acceptors (Lipinski definition) is 4. The van der Waals surface area contributed by atoms with Gasteiger partial charge in [0.1, 0.15) is 6.04 Å². The van der Waals surface area contributed by atoms with Crippen LogP contribution in [0.1, 0.15) is 25.3 Å². The maximum Gasteiger partial charge on any atom is 0.407 e. The monoisotopic (exact) mass is 373 g/mol. The van der Waals surface area contributed by atoms with Gasteiger partial charge in [0.2, 0.25) is 5.91 Å². The fourth-order valence-electron chi connectivity index (χ4n) is 4.21. The van der Waals surface area contributed by atoms with Crippen LogP contribution in [0.15, 0.2) is 30.3 Å². The fourth-order valence-corrected chi connectivity index (χ4v) is 4.21. The maximum atomic E-state index is 13.3. The van der Waals surface area contributed by atoms with Gasteiger partial charge in [-0.1, -0.05) is 30.3 Å². The van der Waals surface area contributed by atoms with Gasteiger partial charge in [-0.3, -0.25) is 4.79 Å². The number of hydrogen-bond donors (Lipinski definition) is 1. The first kappa shape index (κ1) is 19.7. The van der Waals surface area contributed by atoms with Crippen molar-refractivity contribution in [1.29, 1.82) is 0 Å². The lowest BCUT2D eigenvalue weighted by molar-refractivity contribution is -0.132. The fraction of sp³-hybridized carbons (Fsp3) is 0.619. The van der Waals surface area contributed by atoms with Gasteiger partial charge >= 0.3 is 6.09 Å². The summed E-state index contributed by atoms with van der Waals surface area (Å²) in [6, 6.07) is 9.21. The zero-order valence-corrected chi connectivity index (χ0v) is 16.6. The standard InChI is InChI=1S/C21H31N3O3/c1-4-27-20(26)22-18(12-16-8-6-5-7-9-16)19(25)24-14-17(13-23(2)3)21(15-24)10-11-21/h5-9,17-18H,4,10-15H2,1-3H3,(H,22,26)/t17?,18-/m1/s1. The zero-order valence-electron chi connectivity index (χ0n) is 16.6. The van der Waals surface area contributed by atoms with Crippen LogP contribution >= 0.6 is 0 Å². The predicted octanol–water partition coefficient (Wildman–Crippen LogP) is 2.14. The molecule has 2 fully saturated rings. The van der Waals surface area contributed by atoms with Crippen molar-refractivity contribution in [3.05, 3.63) is 35.9 Å². The first-order valence-electron chi connectivity index (χ1n) is 9.84. The Kier molecular flexibility index (Phi) is 6.05. The number of likely N-dealkylation sites (tertiary alicyclic amines) is 1. The summed E-state index contributed by atoms with van der Waals surface area (Å²) >= 11 is 0. The van der Waals surface area contributed by atoms with E-state index in [4.69, 9.17) is 4.74 Å². The Bertz CT molecular complexity index is 658. The van der Waals surface area contributed by atoms with E-state index in [1.54, 1.807) is 6.92 Å².